The van der Waals surface area contributed by atoms with Gasteiger partial charge in [0.05, 0.1) is 11.3 Å². The van der Waals surface area contributed by atoms with Crippen LogP contribution in [0.3, 0.4) is 0 Å². The molecule has 4 nitrogen and oxygen atoms in total. The Morgan fingerprint density at radius 2 is 1.73 bits per heavy atom. The molecule has 2 fully saturated rings. The van der Waals surface area contributed by atoms with Crippen molar-refractivity contribution < 1.29 is 22.7 Å². The lowest BCUT2D eigenvalue weighted by Crippen LogP contribution is -2.43. The Morgan fingerprint density at radius 3 is 2.33 bits per heavy atom. The molecular formula is C22H22ClF3N2O2. The van der Waals surface area contributed by atoms with Gasteiger partial charge in [0.1, 0.15) is 6.10 Å². The number of anilines is 1. The molecular weight excluding hydrogens is 417 g/mol. The minimum atomic E-state index is -4.41. The number of halogens is 4. The number of amides is 1. The molecule has 2 heterocycles. The number of piperidine rings is 1. The van der Waals surface area contributed by atoms with Gasteiger partial charge in [-0.3, -0.25) is 4.90 Å². The van der Waals surface area contributed by atoms with Gasteiger partial charge in [-0.2, -0.15) is 13.2 Å². The number of nitrogens with zero attached hydrogens (tertiary/aromatic N) is 1. The second-order valence-corrected chi connectivity index (χ2v) is 8.35. The predicted molar refractivity (Wildman–Crippen MR) is 110 cm³/mol. The van der Waals surface area contributed by atoms with Gasteiger partial charge < -0.3 is 10.1 Å². The van der Waals surface area contributed by atoms with Crippen LogP contribution in [0.5, 0.6) is 0 Å². The van der Waals surface area contributed by atoms with Crippen molar-refractivity contribution in [3.05, 3.63) is 53.1 Å². The molecule has 1 amide bonds. The summed E-state index contributed by atoms with van der Waals surface area (Å²) in [5.74, 6) is 0. The number of carbonyl (C=O) groups is 1. The maximum Gasteiger partial charge on any atom is 0.416 e. The Hall–Kier alpha value is -2.25. The van der Waals surface area contributed by atoms with Gasteiger partial charge in [-0.1, -0.05) is 23.7 Å². The van der Waals surface area contributed by atoms with E-state index in [1.807, 2.05) is 0 Å². The first kappa shape index (κ1) is 21.0. The van der Waals surface area contributed by atoms with Gasteiger partial charge in [-0.15, -0.1) is 0 Å². The van der Waals surface area contributed by atoms with E-state index in [4.69, 9.17) is 16.3 Å². The van der Waals surface area contributed by atoms with Gasteiger partial charge in [0.2, 0.25) is 0 Å². The molecule has 2 aromatic rings. The summed E-state index contributed by atoms with van der Waals surface area (Å²) in [7, 11) is 1.59. The molecule has 0 radical (unpaired) electrons. The van der Waals surface area contributed by atoms with Crippen molar-refractivity contribution in [3.63, 3.8) is 0 Å². The lowest BCUT2D eigenvalue weighted by Gasteiger charge is -2.30. The Bertz CT molecular complexity index is 921. The first-order chi connectivity index (χ1) is 14.2. The number of hydrogen-bond acceptors (Lipinski definition) is 3. The van der Waals surface area contributed by atoms with Crippen molar-refractivity contribution in [1.29, 1.82) is 0 Å². The number of rotatable bonds is 3. The number of benzene rings is 2. The molecule has 2 aliphatic heterocycles. The zero-order valence-corrected chi connectivity index (χ0v) is 17.1. The van der Waals surface area contributed by atoms with E-state index in [-0.39, 0.29) is 6.10 Å². The number of fused-ring (bicyclic) bond motifs is 2. The minimum absolute atomic E-state index is 0.138. The number of alkyl halides is 3. The van der Waals surface area contributed by atoms with Crippen LogP contribution < -0.4 is 10.2 Å². The standard InChI is InChI=1S/C22H22ClF3N2O2/c1-28(21(29)30-18-11-16-7-8-17(12-18)27-16)20-9-6-15(23)10-19(20)13-2-4-14(5-3-13)22(24,25)26/h2-6,9-10,16-18,27H,7-8,11-12H2,1H3. The van der Waals surface area contributed by atoms with E-state index in [0.29, 0.717) is 33.9 Å². The average Bonchev–Trinajstić information content (AvgIpc) is 3.05. The zero-order valence-electron chi connectivity index (χ0n) is 16.4. The lowest BCUT2D eigenvalue weighted by molar-refractivity contribution is -0.137. The summed E-state index contributed by atoms with van der Waals surface area (Å²) in [4.78, 5) is 14.2. The van der Waals surface area contributed by atoms with Crippen LogP contribution in [0.4, 0.5) is 23.7 Å². The van der Waals surface area contributed by atoms with Crippen molar-refractivity contribution in [3.8, 4) is 11.1 Å². The molecule has 0 spiro atoms. The highest BCUT2D eigenvalue weighted by atomic mass is 35.5. The van der Waals surface area contributed by atoms with Crippen molar-refractivity contribution in [2.24, 2.45) is 0 Å². The van der Waals surface area contributed by atoms with Gasteiger partial charge in [-0.25, -0.2) is 4.79 Å². The minimum Gasteiger partial charge on any atom is -0.446 e. The van der Waals surface area contributed by atoms with E-state index >= 15 is 0 Å². The van der Waals surface area contributed by atoms with E-state index in [1.165, 1.54) is 17.0 Å². The highest BCUT2D eigenvalue weighted by Gasteiger charge is 2.36. The summed E-state index contributed by atoms with van der Waals surface area (Å²) in [6, 6.07) is 10.5. The summed E-state index contributed by atoms with van der Waals surface area (Å²) in [5.41, 5.74) is 0.866. The van der Waals surface area contributed by atoms with Gasteiger partial charge >= 0.3 is 12.3 Å². The third-order valence-electron chi connectivity index (χ3n) is 5.81. The van der Waals surface area contributed by atoms with Crippen molar-refractivity contribution in [2.45, 2.75) is 50.0 Å². The maximum atomic E-state index is 12.9. The van der Waals surface area contributed by atoms with Gasteiger partial charge in [-0.05, 0) is 61.6 Å². The Kier molecular flexibility index (Phi) is 5.68. The first-order valence-corrected chi connectivity index (χ1v) is 10.3. The molecule has 160 valence electrons. The molecule has 2 aliphatic rings. The molecule has 1 N–H and O–H groups in total. The van der Waals surface area contributed by atoms with E-state index in [2.05, 4.69) is 5.32 Å². The molecule has 0 saturated carbocycles. The zero-order chi connectivity index (χ0) is 21.5. The molecule has 2 atom stereocenters. The van der Waals surface area contributed by atoms with Crippen LogP contribution in [0, 0.1) is 0 Å². The molecule has 2 bridgehead atoms. The largest absolute Gasteiger partial charge is 0.446 e. The average molecular weight is 439 g/mol. The SMILES string of the molecule is CN(C(=O)OC1CC2CCC(C1)N2)c1ccc(Cl)cc1-c1ccc(C(F)(F)F)cc1. The topological polar surface area (TPSA) is 41.6 Å². The third kappa shape index (κ3) is 4.42. The fourth-order valence-electron chi connectivity index (χ4n) is 4.29. The first-order valence-electron chi connectivity index (χ1n) is 9.88. The van der Waals surface area contributed by atoms with Crippen molar-refractivity contribution >= 4 is 23.4 Å². The van der Waals surface area contributed by atoms with Crippen LogP contribution in [-0.4, -0.2) is 31.3 Å². The number of carbonyl (C=O) groups excluding carboxylic acids is 1. The van der Waals surface area contributed by atoms with Crippen LogP contribution in [-0.2, 0) is 10.9 Å². The van der Waals surface area contributed by atoms with Crippen LogP contribution in [0.2, 0.25) is 5.02 Å². The van der Waals surface area contributed by atoms with E-state index < -0.39 is 17.8 Å². The van der Waals surface area contributed by atoms with Crippen molar-refractivity contribution in [2.75, 3.05) is 11.9 Å². The lowest BCUT2D eigenvalue weighted by atomic mass is 10.0. The molecule has 8 heteroatoms. The fraction of sp³-hybridized carbons (Fsp3) is 0.409. The molecule has 2 saturated heterocycles. The highest BCUT2D eigenvalue weighted by molar-refractivity contribution is 6.31. The smallest absolute Gasteiger partial charge is 0.416 e. The van der Waals surface area contributed by atoms with E-state index in [9.17, 15) is 18.0 Å². The van der Waals surface area contributed by atoms with Crippen molar-refractivity contribution in [1.82, 2.24) is 5.32 Å². The predicted octanol–water partition coefficient (Wildman–Crippen LogP) is 5.88. The van der Waals surface area contributed by atoms with E-state index in [0.717, 1.165) is 37.8 Å². The number of ether oxygens (including phenoxy) is 1. The number of nitrogens with one attached hydrogen (secondary N) is 1. The quantitative estimate of drug-likeness (QED) is 0.650. The molecule has 2 aromatic carbocycles. The maximum absolute atomic E-state index is 12.9. The van der Waals surface area contributed by atoms with Gasteiger partial charge in [0, 0.05) is 29.7 Å². The van der Waals surface area contributed by atoms with Crippen LogP contribution in [0.25, 0.3) is 11.1 Å². The van der Waals surface area contributed by atoms with Gasteiger partial charge in [0.15, 0.2) is 0 Å². The summed E-state index contributed by atoms with van der Waals surface area (Å²) in [6.45, 7) is 0. The van der Waals surface area contributed by atoms with Crippen LogP contribution in [0.15, 0.2) is 42.5 Å². The fourth-order valence-corrected chi connectivity index (χ4v) is 4.46. The summed E-state index contributed by atoms with van der Waals surface area (Å²) in [5, 5.41) is 3.93. The molecule has 0 aliphatic carbocycles. The summed E-state index contributed by atoms with van der Waals surface area (Å²) >= 11 is 6.13. The Morgan fingerprint density at radius 1 is 1.10 bits per heavy atom. The Balaban J connectivity index is 1.55. The van der Waals surface area contributed by atoms with Crippen LogP contribution >= 0.6 is 11.6 Å². The highest BCUT2D eigenvalue weighted by Crippen LogP contribution is 2.36. The number of hydrogen-bond donors (Lipinski definition) is 1. The summed E-state index contributed by atoms with van der Waals surface area (Å²) < 4.78 is 44.4. The van der Waals surface area contributed by atoms with E-state index in [1.54, 1.807) is 25.2 Å². The summed E-state index contributed by atoms with van der Waals surface area (Å²) in [6.07, 6.45) is -1.25. The molecule has 4 rings (SSSR count). The molecule has 0 aromatic heterocycles. The Labute approximate surface area is 178 Å². The molecule has 2 unspecified atom stereocenters. The third-order valence-corrected chi connectivity index (χ3v) is 6.05. The second-order valence-electron chi connectivity index (χ2n) is 7.91. The monoisotopic (exact) mass is 438 g/mol. The van der Waals surface area contributed by atoms with Gasteiger partial charge in [0.25, 0.3) is 0 Å². The normalized spacial score (nSPS) is 23.3. The molecule has 30 heavy (non-hydrogen) atoms. The second kappa shape index (κ2) is 8.12. The van der Waals surface area contributed by atoms with Crippen LogP contribution in [0.1, 0.15) is 31.2 Å².